The number of aliphatic hydroxyl groups is 1. The molecule has 0 unspecified atom stereocenters. The number of aryl methyl sites for hydroxylation is 1. The van der Waals surface area contributed by atoms with Crippen LogP contribution in [0.2, 0.25) is 0 Å². The quantitative estimate of drug-likeness (QED) is 0.870. The summed E-state index contributed by atoms with van der Waals surface area (Å²) in [5.41, 5.74) is 7.74. The van der Waals surface area contributed by atoms with Crippen molar-refractivity contribution >= 4 is 11.0 Å². The van der Waals surface area contributed by atoms with Crippen molar-refractivity contribution in [3.05, 3.63) is 29.6 Å². The van der Waals surface area contributed by atoms with Gasteiger partial charge in [-0.15, -0.1) is 0 Å². The molecular formula is C14H21N3O. The molecule has 0 spiro atoms. The van der Waals surface area contributed by atoms with Crippen molar-refractivity contribution in [1.29, 1.82) is 0 Å². The molecule has 0 atom stereocenters. The molecule has 4 nitrogen and oxygen atoms in total. The highest BCUT2D eigenvalue weighted by Crippen LogP contribution is 2.25. The molecule has 98 valence electrons. The smallest absolute Gasteiger partial charge is 0.141 e. The van der Waals surface area contributed by atoms with Crippen molar-refractivity contribution in [2.24, 2.45) is 5.73 Å². The van der Waals surface area contributed by atoms with Gasteiger partial charge >= 0.3 is 0 Å². The maximum Gasteiger partial charge on any atom is 0.141 e. The van der Waals surface area contributed by atoms with Gasteiger partial charge in [-0.2, -0.15) is 0 Å². The van der Waals surface area contributed by atoms with Gasteiger partial charge < -0.3 is 15.4 Å². The van der Waals surface area contributed by atoms with Crippen molar-refractivity contribution in [2.75, 3.05) is 0 Å². The fraction of sp³-hybridized carbons (Fsp3) is 0.500. The van der Waals surface area contributed by atoms with E-state index < -0.39 is 5.60 Å². The molecule has 3 N–H and O–H groups in total. The zero-order valence-corrected chi connectivity index (χ0v) is 11.3. The summed E-state index contributed by atoms with van der Waals surface area (Å²) in [6, 6.07) is 6.05. The Hall–Kier alpha value is -1.39. The summed E-state index contributed by atoms with van der Waals surface area (Å²) < 4.78 is 2.09. The fourth-order valence-corrected chi connectivity index (χ4v) is 2.22. The fourth-order valence-electron chi connectivity index (χ4n) is 2.22. The number of benzene rings is 1. The first kappa shape index (κ1) is 13.1. The summed E-state index contributed by atoms with van der Waals surface area (Å²) in [6.07, 6.45) is 1.01. The van der Waals surface area contributed by atoms with Gasteiger partial charge in [0.2, 0.25) is 0 Å². The van der Waals surface area contributed by atoms with Crippen LogP contribution in [0.1, 0.15) is 38.6 Å². The summed E-state index contributed by atoms with van der Waals surface area (Å²) in [5.74, 6) is 0.716. The molecule has 4 heteroatoms. The molecule has 0 amide bonds. The minimum atomic E-state index is -0.933. The Labute approximate surface area is 107 Å². The van der Waals surface area contributed by atoms with Gasteiger partial charge in [-0.05, 0) is 38.0 Å². The zero-order chi connectivity index (χ0) is 13.3. The van der Waals surface area contributed by atoms with Crippen molar-refractivity contribution < 1.29 is 5.11 Å². The van der Waals surface area contributed by atoms with Crippen molar-refractivity contribution in [2.45, 2.75) is 45.9 Å². The van der Waals surface area contributed by atoms with Gasteiger partial charge in [0, 0.05) is 13.1 Å². The molecule has 0 saturated heterocycles. The van der Waals surface area contributed by atoms with E-state index in [0.29, 0.717) is 12.4 Å². The van der Waals surface area contributed by atoms with Gasteiger partial charge in [0.25, 0.3) is 0 Å². The van der Waals surface area contributed by atoms with E-state index in [1.807, 2.05) is 18.2 Å². The van der Waals surface area contributed by atoms with Crippen molar-refractivity contribution in [3.8, 4) is 0 Å². The lowest BCUT2D eigenvalue weighted by Crippen LogP contribution is -2.22. The van der Waals surface area contributed by atoms with E-state index in [-0.39, 0.29) is 0 Å². The maximum absolute atomic E-state index is 10.2. The lowest BCUT2D eigenvalue weighted by molar-refractivity contribution is 0.0652. The molecule has 0 aliphatic rings. The molecule has 1 heterocycles. The Kier molecular flexibility index (Phi) is 3.41. The number of hydrogen-bond donors (Lipinski definition) is 2. The first-order valence-electron chi connectivity index (χ1n) is 6.39. The number of hydrogen-bond acceptors (Lipinski definition) is 3. The Morgan fingerprint density at radius 2 is 2.11 bits per heavy atom. The zero-order valence-electron chi connectivity index (χ0n) is 11.3. The minimum absolute atomic E-state index is 0.508. The van der Waals surface area contributed by atoms with Crippen LogP contribution in [0.4, 0.5) is 0 Å². The lowest BCUT2D eigenvalue weighted by atomic mass is 10.1. The van der Waals surface area contributed by atoms with Crippen LogP contribution in [0.25, 0.3) is 11.0 Å². The molecule has 2 rings (SSSR count). The van der Waals surface area contributed by atoms with Gasteiger partial charge in [0.05, 0.1) is 11.0 Å². The molecule has 0 aliphatic heterocycles. The van der Waals surface area contributed by atoms with Gasteiger partial charge in [0.1, 0.15) is 11.4 Å². The second kappa shape index (κ2) is 4.71. The third-order valence-electron chi connectivity index (χ3n) is 3.04. The van der Waals surface area contributed by atoms with E-state index in [1.165, 1.54) is 0 Å². The first-order valence-corrected chi connectivity index (χ1v) is 6.39. The van der Waals surface area contributed by atoms with E-state index in [0.717, 1.165) is 29.6 Å². The predicted octanol–water partition coefficient (Wildman–Crippen LogP) is 2.13. The van der Waals surface area contributed by atoms with Crippen LogP contribution in [-0.4, -0.2) is 14.7 Å². The molecule has 0 fully saturated rings. The van der Waals surface area contributed by atoms with E-state index in [1.54, 1.807) is 13.8 Å². The van der Waals surface area contributed by atoms with E-state index in [4.69, 9.17) is 5.73 Å². The summed E-state index contributed by atoms with van der Waals surface area (Å²) in [7, 11) is 0. The Morgan fingerprint density at radius 3 is 2.67 bits per heavy atom. The number of rotatable bonds is 4. The summed E-state index contributed by atoms with van der Waals surface area (Å²) >= 11 is 0. The monoisotopic (exact) mass is 247 g/mol. The molecular weight excluding hydrogens is 226 g/mol. The van der Waals surface area contributed by atoms with Gasteiger partial charge in [0.15, 0.2) is 0 Å². The second-order valence-electron chi connectivity index (χ2n) is 5.17. The van der Waals surface area contributed by atoms with Crippen LogP contribution in [-0.2, 0) is 18.7 Å². The highest BCUT2D eigenvalue weighted by Gasteiger charge is 2.24. The molecule has 1 aromatic carbocycles. The van der Waals surface area contributed by atoms with Gasteiger partial charge in [-0.25, -0.2) is 4.98 Å². The number of imidazole rings is 1. The minimum Gasteiger partial charge on any atom is -0.383 e. The topological polar surface area (TPSA) is 64.1 Å². The van der Waals surface area contributed by atoms with E-state index in [2.05, 4.69) is 16.5 Å². The maximum atomic E-state index is 10.2. The van der Waals surface area contributed by atoms with E-state index >= 15 is 0 Å². The third kappa shape index (κ3) is 2.26. The average Bonchev–Trinajstić information content (AvgIpc) is 2.67. The Morgan fingerprint density at radius 1 is 1.39 bits per heavy atom. The molecule has 0 bridgehead atoms. The molecule has 0 radical (unpaired) electrons. The highest BCUT2D eigenvalue weighted by atomic mass is 16.3. The molecule has 0 saturated carbocycles. The molecule has 18 heavy (non-hydrogen) atoms. The number of nitrogens with zero attached hydrogens (tertiary/aromatic N) is 2. The van der Waals surface area contributed by atoms with Crippen LogP contribution in [0, 0.1) is 0 Å². The van der Waals surface area contributed by atoms with Crippen molar-refractivity contribution in [1.82, 2.24) is 9.55 Å². The van der Waals surface area contributed by atoms with Crippen LogP contribution < -0.4 is 5.73 Å². The number of aromatic nitrogens is 2. The Balaban J connectivity index is 2.66. The molecule has 1 aromatic heterocycles. The number of fused-ring (bicyclic) bond motifs is 1. The lowest BCUT2D eigenvalue weighted by Gasteiger charge is -2.18. The summed E-state index contributed by atoms with van der Waals surface area (Å²) in [4.78, 5) is 4.57. The van der Waals surface area contributed by atoms with Gasteiger partial charge in [-0.1, -0.05) is 13.0 Å². The molecule has 0 aliphatic carbocycles. The first-order chi connectivity index (χ1) is 8.47. The van der Waals surface area contributed by atoms with Crippen LogP contribution in [0.15, 0.2) is 18.2 Å². The SMILES string of the molecule is CCCn1c(C(C)(C)O)nc2cc(CN)ccc21. The Bertz CT molecular complexity index is 552. The predicted molar refractivity (Wildman–Crippen MR) is 73.2 cm³/mol. The summed E-state index contributed by atoms with van der Waals surface area (Å²) in [5, 5.41) is 10.2. The van der Waals surface area contributed by atoms with Crippen LogP contribution in [0.3, 0.4) is 0 Å². The highest BCUT2D eigenvalue weighted by molar-refractivity contribution is 5.77. The number of nitrogens with two attached hydrogens (primary N) is 1. The van der Waals surface area contributed by atoms with Crippen molar-refractivity contribution in [3.63, 3.8) is 0 Å². The van der Waals surface area contributed by atoms with Crippen LogP contribution >= 0.6 is 0 Å². The largest absolute Gasteiger partial charge is 0.383 e. The van der Waals surface area contributed by atoms with E-state index in [9.17, 15) is 5.11 Å². The standard InChI is InChI=1S/C14H21N3O/c1-4-7-17-12-6-5-10(9-15)8-11(12)16-13(17)14(2,3)18/h5-6,8,18H,4,7,9,15H2,1-3H3. The summed E-state index contributed by atoms with van der Waals surface area (Å²) in [6.45, 7) is 7.02. The normalized spacial score (nSPS) is 12.3. The van der Waals surface area contributed by atoms with Crippen LogP contribution in [0.5, 0.6) is 0 Å². The van der Waals surface area contributed by atoms with Gasteiger partial charge in [-0.3, -0.25) is 0 Å². The molecule has 2 aromatic rings. The second-order valence-corrected chi connectivity index (χ2v) is 5.17. The third-order valence-corrected chi connectivity index (χ3v) is 3.04. The average molecular weight is 247 g/mol.